The number of hydrogen-bond acceptors (Lipinski definition) is 4. The number of rotatable bonds is 7. The fraction of sp³-hybridized carbons (Fsp3) is 0.600. The molecule has 2 fully saturated rings. The molecule has 0 radical (unpaired) electrons. The first-order chi connectivity index (χ1) is 13.6. The van der Waals surface area contributed by atoms with Crippen molar-refractivity contribution in [1.82, 2.24) is 20.4 Å². The van der Waals surface area contributed by atoms with Gasteiger partial charge in [0.15, 0.2) is 5.96 Å². The molecule has 3 rings (SSSR count). The Morgan fingerprint density at radius 2 is 2.00 bits per heavy atom. The monoisotopic (exact) mass is 535 g/mol. The number of ether oxygens (including phenoxy) is 1. The van der Waals surface area contributed by atoms with Gasteiger partial charge in [-0.2, -0.15) is 0 Å². The van der Waals surface area contributed by atoms with Crippen molar-refractivity contribution in [3.05, 3.63) is 28.8 Å². The maximum Gasteiger partial charge on any atom is 0.234 e. The number of hydrogen-bond donors (Lipinski definition) is 2. The van der Waals surface area contributed by atoms with Crippen molar-refractivity contribution >= 4 is 47.4 Å². The second-order valence-corrected chi connectivity index (χ2v) is 7.69. The minimum atomic E-state index is 0. The molecule has 162 valence electrons. The summed E-state index contributed by atoms with van der Waals surface area (Å²) in [6, 6.07) is 6.19. The number of guanidine groups is 1. The first-order valence-corrected chi connectivity index (χ1v) is 10.3. The number of methoxy groups -OCH3 is 1. The third-order valence-electron chi connectivity index (χ3n) is 5.13. The zero-order chi connectivity index (χ0) is 19.9. The minimum Gasteiger partial charge on any atom is -0.497 e. The van der Waals surface area contributed by atoms with Gasteiger partial charge in [0.2, 0.25) is 5.91 Å². The molecular weight excluding hydrogens is 505 g/mol. The van der Waals surface area contributed by atoms with Gasteiger partial charge in [0, 0.05) is 50.8 Å². The van der Waals surface area contributed by atoms with Crippen LogP contribution >= 0.6 is 35.6 Å². The lowest BCUT2D eigenvalue weighted by Crippen LogP contribution is -2.54. The summed E-state index contributed by atoms with van der Waals surface area (Å²) in [5, 5.41) is 7.19. The summed E-state index contributed by atoms with van der Waals surface area (Å²) in [6.45, 7) is 4.70. The number of halogens is 2. The van der Waals surface area contributed by atoms with Crippen molar-refractivity contribution in [2.75, 3.05) is 53.4 Å². The molecule has 0 bridgehead atoms. The molecule has 29 heavy (non-hydrogen) atoms. The zero-order valence-electron chi connectivity index (χ0n) is 17.1. The van der Waals surface area contributed by atoms with Crippen LogP contribution in [0.4, 0.5) is 0 Å². The molecule has 0 aromatic heterocycles. The number of benzene rings is 1. The largest absolute Gasteiger partial charge is 0.497 e. The predicted molar refractivity (Wildman–Crippen MR) is 128 cm³/mol. The number of amides is 1. The van der Waals surface area contributed by atoms with Gasteiger partial charge < -0.3 is 20.3 Å². The Hall–Kier alpha value is -1.26. The highest BCUT2D eigenvalue weighted by atomic mass is 127. The van der Waals surface area contributed by atoms with Crippen LogP contribution in [0, 0.1) is 0 Å². The highest BCUT2D eigenvalue weighted by molar-refractivity contribution is 14.0. The maximum absolute atomic E-state index is 12.0. The van der Waals surface area contributed by atoms with Crippen molar-refractivity contribution in [1.29, 1.82) is 0 Å². The van der Waals surface area contributed by atoms with Crippen LogP contribution in [0.2, 0.25) is 5.02 Å². The molecule has 0 atom stereocenters. The molecule has 1 aliphatic heterocycles. The minimum absolute atomic E-state index is 0. The lowest BCUT2D eigenvalue weighted by Gasteiger charge is -2.36. The molecule has 2 N–H and O–H groups in total. The summed E-state index contributed by atoms with van der Waals surface area (Å²) in [5.41, 5.74) is 1.08. The van der Waals surface area contributed by atoms with Crippen molar-refractivity contribution < 1.29 is 9.53 Å². The Labute approximate surface area is 195 Å². The number of carbonyl (C=O) groups excluding carboxylic acids is 1. The van der Waals surface area contributed by atoms with Crippen LogP contribution in [0.25, 0.3) is 0 Å². The van der Waals surface area contributed by atoms with E-state index in [9.17, 15) is 4.79 Å². The summed E-state index contributed by atoms with van der Waals surface area (Å²) in [6.07, 6.45) is 3.07. The van der Waals surface area contributed by atoms with Crippen LogP contribution in [0.5, 0.6) is 5.75 Å². The zero-order valence-corrected chi connectivity index (χ0v) is 20.2. The lowest BCUT2D eigenvalue weighted by molar-refractivity contribution is -0.122. The summed E-state index contributed by atoms with van der Waals surface area (Å²) >= 11 is 6.31. The predicted octanol–water partition coefficient (Wildman–Crippen LogP) is 1.98. The van der Waals surface area contributed by atoms with E-state index in [1.54, 1.807) is 14.2 Å². The fourth-order valence-electron chi connectivity index (χ4n) is 3.32. The molecule has 0 spiro atoms. The van der Waals surface area contributed by atoms with Crippen LogP contribution in [0.1, 0.15) is 18.4 Å². The normalized spacial score (nSPS) is 17.5. The molecule has 9 heteroatoms. The maximum atomic E-state index is 12.0. The van der Waals surface area contributed by atoms with Gasteiger partial charge >= 0.3 is 0 Å². The van der Waals surface area contributed by atoms with E-state index >= 15 is 0 Å². The molecular formula is C20H31ClIN5O2. The van der Waals surface area contributed by atoms with Gasteiger partial charge in [0.05, 0.1) is 13.7 Å². The molecule has 1 aromatic rings. The van der Waals surface area contributed by atoms with Crippen molar-refractivity contribution in [2.45, 2.75) is 25.3 Å². The van der Waals surface area contributed by atoms with Gasteiger partial charge in [-0.05, 0) is 37.0 Å². The molecule has 1 saturated heterocycles. The third kappa shape index (κ3) is 7.49. The Morgan fingerprint density at radius 3 is 2.59 bits per heavy atom. The standard InChI is InChI=1S/C20H30ClN5O2.HI/c1-22-20(23-8-7-15-3-6-17(28-2)13-18(15)21)26-11-9-25(10-12-26)14-19(27)24-16-4-5-16;/h3,6,13,16H,4-5,7-12,14H2,1-2H3,(H,22,23)(H,24,27);1H. The average molecular weight is 536 g/mol. The van der Waals surface area contributed by atoms with Crippen LogP contribution in [-0.4, -0.2) is 81.1 Å². The lowest BCUT2D eigenvalue weighted by atomic mass is 10.1. The molecule has 1 aliphatic carbocycles. The Balaban J connectivity index is 0.00000300. The fourth-order valence-corrected chi connectivity index (χ4v) is 3.59. The Morgan fingerprint density at radius 1 is 1.28 bits per heavy atom. The first-order valence-electron chi connectivity index (χ1n) is 9.88. The van der Waals surface area contributed by atoms with Crippen LogP contribution in [0.15, 0.2) is 23.2 Å². The van der Waals surface area contributed by atoms with Gasteiger partial charge in [-0.15, -0.1) is 24.0 Å². The average Bonchev–Trinajstić information content (AvgIpc) is 3.51. The Kier molecular flexibility index (Phi) is 9.78. The van der Waals surface area contributed by atoms with Gasteiger partial charge in [0.1, 0.15) is 5.75 Å². The summed E-state index contributed by atoms with van der Waals surface area (Å²) in [5.74, 6) is 1.81. The first kappa shape index (κ1) is 24.0. The molecule has 7 nitrogen and oxygen atoms in total. The van der Waals surface area contributed by atoms with Crippen molar-refractivity contribution in [3.63, 3.8) is 0 Å². The van der Waals surface area contributed by atoms with E-state index < -0.39 is 0 Å². The van der Waals surface area contributed by atoms with Crippen LogP contribution in [-0.2, 0) is 11.2 Å². The quantitative estimate of drug-likeness (QED) is 0.318. The van der Waals surface area contributed by atoms with Crippen LogP contribution in [0.3, 0.4) is 0 Å². The highest BCUT2D eigenvalue weighted by Crippen LogP contribution is 2.22. The topological polar surface area (TPSA) is 69.2 Å². The number of aliphatic imine (C=N–C) groups is 1. The molecule has 0 unspecified atom stereocenters. The van der Waals surface area contributed by atoms with Crippen LogP contribution < -0.4 is 15.4 Å². The van der Waals surface area contributed by atoms with E-state index in [1.807, 2.05) is 18.2 Å². The Bertz CT molecular complexity index is 706. The van der Waals surface area contributed by atoms with Gasteiger partial charge in [-0.3, -0.25) is 14.7 Å². The molecule has 1 heterocycles. The SMILES string of the molecule is CN=C(NCCc1ccc(OC)cc1Cl)N1CCN(CC(=O)NC2CC2)CC1.I. The second-order valence-electron chi connectivity index (χ2n) is 7.29. The summed E-state index contributed by atoms with van der Waals surface area (Å²) < 4.78 is 5.19. The van der Waals surface area contributed by atoms with E-state index in [-0.39, 0.29) is 29.9 Å². The van der Waals surface area contributed by atoms with E-state index in [0.29, 0.717) is 17.6 Å². The van der Waals surface area contributed by atoms with Gasteiger partial charge in [-0.25, -0.2) is 0 Å². The van der Waals surface area contributed by atoms with Gasteiger partial charge in [-0.1, -0.05) is 17.7 Å². The number of nitrogens with zero attached hydrogens (tertiary/aromatic N) is 3. The molecule has 1 saturated carbocycles. The van der Waals surface area contributed by atoms with Gasteiger partial charge in [0.25, 0.3) is 0 Å². The van der Waals surface area contributed by atoms with E-state index in [0.717, 1.165) is 69.3 Å². The van der Waals surface area contributed by atoms with E-state index in [2.05, 4.69) is 25.4 Å². The second kappa shape index (κ2) is 11.8. The number of nitrogens with one attached hydrogen (secondary N) is 2. The summed E-state index contributed by atoms with van der Waals surface area (Å²) in [7, 11) is 3.44. The van der Waals surface area contributed by atoms with Crippen molar-refractivity contribution in [3.8, 4) is 5.75 Å². The third-order valence-corrected chi connectivity index (χ3v) is 5.48. The molecule has 1 amide bonds. The smallest absolute Gasteiger partial charge is 0.234 e. The van der Waals surface area contributed by atoms with E-state index in [1.165, 1.54) is 0 Å². The van der Waals surface area contributed by atoms with E-state index in [4.69, 9.17) is 16.3 Å². The number of piperazine rings is 1. The molecule has 2 aliphatic rings. The molecule has 1 aromatic carbocycles. The summed E-state index contributed by atoms with van der Waals surface area (Å²) in [4.78, 5) is 20.8. The highest BCUT2D eigenvalue weighted by Gasteiger charge is 2.25. The van der Waals surface area contributed by atoms with Crippen molar-refractivity contribution in [2.24, 2.45) is 4.99 Å². The number of carbonyl (C=O) groups is 1.